The molecule has 2 amide bonds. The minimum atomic E-state index is -0.139. The van der Waals surface area contributed by atoms with Crippen LogP contribution in [-0.2, 0) is 6.54 Å². The van der Waals surface area contributed by atoms with E-state index in [1.807, 2.05) is 37.3 Å². The molecule has 1 unspecified atom stereocenters. The summed E-state index contributed by atoms with van der Waals surface area (Å²) in [4.78, 5) is 18.1. The number of nitrogens with zero attached hydrogens (tertiary/aromatic N) is 2. The van der Waals surface area contributed by atoms with Crippen LogP contribution in [0.2, 0.25) is 0 Å². The van der Waals surface area contributed by atoms with Gasteiger partial charge in [0.2, 0.25) is 0 Å². The van der Waals surface area contributed by atoms with Gasteiger partial charge in [0.25, 0.3) is 0 Å². The lowest BCUT2D eigenvalue weighted by Gasteiger charge is -2.25. The van der Waals surface area contributed by atoms with Crippen molar-refractivity contribution in [2.45, 2.75) is 32.9 Å². The first-order valence-corrected chi connectivity index (χ1v) is 8.77. The van der Waals surface area contributed by atoms with Crippen molar-refractivity contribution in [1.82, 2.24) is 15.2 Å². The number of carbonyl (C=O) groups excluding carboxylic acids is 1. The number of rotatable bonds is 8. The Hall–Kier alpha value is -2.76. The van der Waals surface area contributed by atoms with E-state index in [1.165, 1.54) is 0 Å². The zero-order valence-corrected chi connectivity index (χ0v) is 15.9. The number of aromatic nitrogens is 1. The summed E-state index contributed by atoms with van der Waals surface area (Å²) in [6.45, 7) is 5.10. The summed E-state index contributed by atoms with van der Waals surface area (Å²) < 4.78 is 11.0. The Labute approximate surface area is 155 Å². The number of ether oxygens (including phenoxy) is 2. The molecule has 2 aromatic rings. The highest BCUT2D eigenvalue weighted by molar-refractivity contribution is 5.74. The van der Waals surface area contributed by atoms with E-state index in [9.17, 15) is 4.79 Å². The Bertz CT molecular complexity index is 707. The number of hydrogen-bond donors (Lipinski definition) is 1. The Balaban J connectivity index is 1.96. The van der Waals surface area contributed by atoms with E-state index in [0.29, 0.717) is 24.7 Å². The molecule has 0 saturated carbocycles. The summed E-state index contributed by atoms with van der Waals surface area (Å²) >= 11 is 0. The van der Waals surface area contributed by atoms with Gasteiger partial charge < -0.3 is 19.7 Å². The van der Waals surface area contributed by atoms with Crippen LogP contribution in [0.25, 0.3) is 0 Å². The van der Waals surface area contributed by atoms with Gasteiger partial charge in [-0.25, -0.2) is 4.79 Å². The molecule has 6 heteroatoms. The third-order valence-electron chi connectivity index (χ3n) is 4.22. The minimum absolute atomic E-state index is 0.0441. The van der Waals surface area contributed by atoms with Crippen LogP contribution in [0, 0.1) is 0 Å². The number of urea groups is 1. The molecule has 2 rings (SSSR count). The molecule has 6 nitrogen and oxygen atoms in total. The lowest BCUT2D eigenvalue weighted by atomic mass is 10.1. The fourth-order valence-corrected chi connectivity index (χ4v) is 2.50. The molecule has 1 heterocycles. The predicted octanol–water partition coefficient (Wildman–Crippen LogP) is 3.78. The molecule has 0 aliphatic heterocycles. The lowest BCUT2D eigenvalue weighted by molar-refractivity contribution is 0.194. The second kappa shape index (κ2) is 9.65. The quantitative estimate of drug-likeness (QED) is 0.781. The standard InChI is InChI=1S/C20H27N3O3/c1-5-12-26-18-7-6-16(13-19(18)25-4)14-22-20(24)23(3)15(2)17-8-10-21-11-9-17/h6-11,13,15H,5,12,14H2,1-4H3,(H,22,24). The molecule has 26 heavy (non-hydrogen) atoms. The maximum Gasteiger partial charge on any atom is 0.317 e. The van der Waals surface area contributed by atoms with Gasteiger partial charge in [0.1, 0.15) is 0 Å². The molecule has 0 fully saturated rings. The first kappa shape index (κ1) is 19.6. The molecule has 1 aromatic carbocycles. The molecular formula is C20H27N3O3. The highest BCUT2D eigenvalue weighted by Gasteiger charge is 2.17. The molecule has 0 aliphatic carbocycles. The maximum atomic E-state index is 12.4. The normalized spacial score (nSPS) is 11.5. The number of pyridine rings is 1. The number of hydrogen-bond acceptors (Lipinski definition) is 4. The Morgan fingerprint density at radius 3 is 2.62 bits per heavy atom. The average Bonchev–Trinajstić information content (AvgIpc) is 2.70. The second-order valence-electron chi connectivity index (χ2n) is 6.06. The van der Waals surface area contributed by atoms with E-state index >= 15 is 0 Å². The molecule has 0 bridgehead atoms. The van der Waals surface area contributed by atoms with Crippen molar-refractivity contribution in [3.05, 3.63) is 53.9 Å². The second-order valence-corrected chi connectivity index (χ2v) is 6.06. The van der Waals surface area contributed by atoms with E-state index in [1.54, 1.807) is 31.5 Å². The van der Waals surface area contributed by atoms with E-state index in [2.05, 4.69) is 17.2 Å². The highest BCUT2D eigenvalue weighted by Crippen LogP contribution is 2.28. The van der Waals surface area contributed by atoms with Crippen LogP contribution in [0.15, 0.2) is 42.7 Å². The lowest BCUT2D eigenvalue weighted by Crippen LogP contribution is -2.38. The van der Waals surface area contributed by atoms with Crippen LogP contribution in [0.1, 0.15) is 37.4 Å². The van der Waals surface area contributed by atoms with Crippen molar-refractivity contribution in [1.29, 1.82) is 0 Å². The van der Waals surface area contributed by atoms with Gasteiger partial charge in [-0.2, -0.15) is 0 Å². The summed E-state index contributed by atoms with van der Waals surface area (Å²) in [5, 5.41) is 2.94. The zero-order valence-electron chi connectivity index (χ0n) is 15.9. The minimum Gasteiger partial charge on any atom is -0.493 e. The third-order valence-corrected chi connectivity index (χ3v) is 4.22. The maximum absolute atomic E-state index is 12.4. The summed E-state index contributed by atoms with van der Waals surface area (Å²) in [7, 11) is 3.39. The van der Waals surface area contributed by atoms with Crippen molar-refractivity contribution < 1.29 is 14.3 Å². The Morgan fingerprint density at radius 2 is 1.96 bits per heavy atom. The number of carbonyl (C=O) groups is 1. The van der Waals surface area contributed by atoms with Gasteiger partial charge >= 0.3 is 6.03 Å². The van der Waals surface area contributed by atoms with E-state index in [-0.39, 0.29) is 12.1 Å². The number of methoxy groups -OCH3 is 1. The van der Waals surface area contributed by atoms with Gasteiger partial charge in [0.05, 0.1) is 19.8 Å². The van der Waals surface area contributed by atoms with E-state index in [0.717, 1.165) is 17.5 Å². The smallest absolute Gasteiger partial charge is 0.317 e. The summed E-state index contributed by atoms with van der Waals surface area (Å²) in [6, 6.07) is 9.33. The van der Waals surface area contributed by atoms with E-state index < -0.39 is 0 Å². The fourth-order valence-electron chi connectivity index (χ4n) is 2.50. The SMILES string of the molecule is CCCOc1ccc(CNC(=O)N(C)C(C)c2ccncc2)cc1OC. The fraction of sp³-hybridized carbons (Fsp3) is 0.400. The van der Waals surface area contributed by atoms with Crippen molar-refractivity contribution in [3.63, 3.8) is 0 Å². The van der Waals surface area contributed by atoms with Crippen LogP contribution in [-0.4, -0.2) is 36.7 Å². The van der Waals surface area contributed by atoms with Gasteiger partial charge in [0, 0.05) is 26.0 Å². The number of amides is 2. The molecule has 0 saturated heterocycles. The first-order valence-electron chi connectivity index (χ1n) is 8.77. The zero-order chi connectivity index (χ0) is 18.9. The molecule has 140 valence electrons. The summed E-state index contributed by atoms with van der Waals surface area (Å²) in [5.74, 6) is 1.39. The van der Waals surface area contributed by atoms with Crippen molar-refractivity contribution in [3.8, 4) is 11.5 Å². The highest BCUT2D eigenvalue weighted by atomic mass is 16.5. The molecule has 0 aliphatic rings. The van der Waals surface area contributed by atoms with Gasteiger partial charge in [0.15, 0.2) is 11.5 Å². The van der Waals surface area contributed by atoms with Crippen molar-refractivity contribution in [2.75, 3.05) is 20.8 Å². The summed E-state index contributed by atoms with van der Waals surface area (Å²) in [6.07, 6.45) is 4.39. The van der Waals surface area contributed by atoms with Crippen LogP contribution < -0.4 is 14.8 Å². The van der Waals surface area contributed by atoms with E-state index in [4.69, 9.17) is 9.47 Å². The van der Waals surface area contributed by atoms with Gasteiger partial charge in [-0.15, -0.1) is 0 Å². The largest absolute Gasteiger partial charge is 0.493 e. The molecule has 1 atom stereocenters. The van der Waals surface area contributed by atoms with Gasteiger partial charge in [-0.05, 0) is 48.7 Å². The van der Waals surface area contributed by atoms with Gasteiger partial charge in [-0.3, -0.25) is 4.98 Å². The predicted molar refractivity (Wildman–Crippen MR) is 101 cm³/mol. The Morgan fingerprint density at radius 1 is 1.23 bits per heavy atom. The first-order chi connectivity index (χ1) is 12.6. The number of nitrogens with one attached hydrogen (secondary N) is 1. The van der Waals surface area contributed by atoms with Crippen LogP contribution in [0.4, 0.5) is 4.79 Å². The van der Waals surface area contributed by atoms with Gasteiger partial charge in [-0.1, -0.05) is 13.0 Å². The molecule has 1 aromatic heterocycles. The monoisotopic (exact) mass is 357 g/mol. The molecular weight excluding hydrogens is 330 g/mol. The number of benzene rings is 1. The van der Waals surface area contributed by atoms with Crippen LogP contribution in [0.5, 0.6) is 11.5 Å². The molecule has 1 N–H and O–H groups in total. The third kappa shape index (κ3) is 5.12. The van der Waals surface area contributed by atoms with Crippen LogP contribution >= 0.6 is 0 Å². The van der Waals surface area contributed by atoms with Crippen molar-refractivity contribution in [2.24, 2.45) is 0 Å². The topological polar surface area (TPSA) is 63.7 Å². The molecule has 0 spiro atoms. The molecule has 0 radical (unpaired) electrons. The summed E-state index contributed by atoms with van der Waals surface area (Å²) in [5.41, 5.74) is 1.99. The average molecular weight is 357 g/mol. The van der Waals surface area contributed by atoms with Crippen molar-refractivity contribution >= 4 is 6.03 Å². The van der Waals surface area contributed by atoms with Crippen LogP contribution in [0.3, 0.4) is 0 Å². The Kier molecular flexibility index (Phi) is 7.26.